The van der Waals surface area contributed by atoms with Crippen LogP contribution >= 0.6 is 22.6 Å². The number of imidazole rings is 1. The normalized spacial score (nSPS) is 15.8. The molecule has 1 aliphatic rings. The summed E-state index contributed by atoms with van der Waals surface area (Å²) in [5, 5.41) is 11.8. The van der Waals surface area contributed by atoms with Gasteiger partial charge in [0.15, 0.2) is 0 Å². The molecule has 0 saturated carbocycles. The van der Waals surface area contributed by atoms with Crippen molar-refractivity contribution in [2.24, 2.45) is 0 Å². The van der Waals surface area contributed by atoms with Gasteiger partial charge in [-0.3, -0.25) is 9.69 Å². The van der Waals surface area contributed by atoms with Crippen molar-refractivity contribution in [1.29, 1.82) is 0 Å². The van der Waals surface area contributed by atoms with Gasteiger partial charge >= 0.3 is 6.03 Å². The fourth-order valence-electron chi connectivity index (χ4n) is 4.51. The van der Waals surface area contributed by atoms with Crippen molar-refractivity contribution in [1.82, 2.24) is 20.2 Å². The van der Waals surface area contributed by atoms with Gasteiger partial charge in [-0.25, -0.2) is 9.78 Å². The minimum atomic E-state index is -0.839. The number of hydrogen-bond acceptors (Lipinski definition) is 6. The highest BCUT2D eigenvalue weighted by atomic mass is 127. The van der Waals surface area contributed by atoms with E-state index in [1.54, 1.807) is 37.6 Å². The Balaban J connectivity index is 1.45. The van der Waals surface area contributed by atoms with Crippen LogP contribution < -0.4 is 14.8 Å². The molecule has 2 heterocycles. The summed E-state index contributed by atoms with van der Waals surface area (Å²) in [4.78, 5) is 36.2. The standard InChI is InChI=1S/C29H27IN4O5/c1-38-22-10-2-18(3-11-22)16-25(27-31-17-24(32-27)19-4-8-21(30)9-5-19)34-28(36)26(33-29(34)37)20-6-12-23(13-7-20)39-15-14-35/h2-13,17,25-26,35H,14-16H2,1H3,(H,31,32)(H,33,37)/t25?,26-/m1/s1. The molecule has 1 fully saturated rings. The van der Waals surface area contributed by atoms with Gasteiger partial charge in [0.2, 0.25) is 0 Å². The number of aromatic nitrogens is 2. The van der Waals surface area contributed by atoms with E-state index in [1.165, 1.54) is 4.90 Å². The summed E-state index contributed by atoms with van der Waals surface area (Å²) in [5.74, 6) is 1.43. The van der Waals surface area contributed by atoms with Gasteiger partial charge in [-0.1, -0.05) is 36.4 Å². The molecule has 5 rings (SSSR count). The highest BCUT2D eigenvalue weighted by molar-refractivity contribution is 14.1. The lowest BCUT2D eigenvalue weighted by atomic mass is 10.0. The summed E-state index contributed by atoms with van der Waals surface area (Å²) < 4.78 is 11.8. The molecule has 0 spiro atoms. The molecular weight excluding hydrogens is 611 g/mol. The Hall–Kier alpha value is -3.90. The van der Waals surface area contributed by atoms with Crippen LogP contribution in [0.2, 0.25) is 0 Å². The van der Waals surface area contributed by atoms with E-state index in [1.807, 2.05) is 48.5 Å². The fraction of sp³-hybridized carbons (Fsp3) is 0.207. The van der Waals surface area contributed by atoms with Gasteiger partial charge in [0.05, 0.1) is 25.6 Å². The molecule has 4 aromatic rings. The minimum absolute atomic E-state index is 0.0957. The van der Waals surface area contributed by atoms with Crippen LogP contribution in [0.25, 0.3) is 11.3 Å². The molecule has 9 nitrogen and oxygen atoms in total. The second-order valence-electron chi connectivity index (χ2n) is 8.99. The first kappa shape index (κ1) is 26.7. The van der Waals surface area contributed by atoms with E-state index in [9.17, 15) is 9.59 Å². The molecule has 1 aromatic heterocycles. The van der Waals surface area contributed by atoms with E-state index in [2.05, 4.69) is 37.9 Å². The molecule has 2 atom stereocenters. The van der Waals surface area contributed by atoms with Crippen molar-refractivity contribution in [2.45, 2.75) is 18.5 Å². The summed E-state index contributed by atoms with van der Waals surface area (Å²) in [7, 11) is 1.60. The smallest absolute Gasteiger partial charge is 0.325 e. The maximum Gasteiger partial charge on any atom is 0.325 e. The molecule has 3 aromatic carbocycles. The van der Waals surface area contributed by atoms with Gasteiger partial charge in [0.1, 0.15) is 36.0 Å². The Bertz CT molecular complexity index is 1440. The first-order chi connectivity index (χ1) is 19.0. The zero-order valence-electron chi connectivity index (χ0n) is 21.1. The van der Waals surface area contributed by atoms with E-state index < -0.39 is 18.1 Å². The van der Waals surface area contributed by atoms with Crippen molar-refractivity contribution in [2.75, 3.05) is 20.3 Å². The molecule has 3 N–H and O–H groups in total. The van der Waals surface area contributed by atoms with Gasteiger partial charge in [-0.2, -0.15) is 0 Å². The van der Waals surface area contributed by atoms with Crippen LogP contribution in [0.3, 0.4) is 0 Å². The monoisotopic (exact) mass is 638 g/mol. The lowest BCUT2D eigenvalue weighted by molar-refractivity contribution is -0.129. The number of aromatic amines is 1. The lowest BCUT2D eigenvalue weighted by Crippen LogP contribution is -2.36. The number of halogens is 1. The molecule has 0 aliphatic carbocycles. The van der Waals surface area contributed by atoms with Gasteiger partial charge in [0, 0.05) is 9.99 Å². The molecule has 200 valence electrons. The topological polar surface area (TPSA) is 117 Å². The number of ether oxygens (including phenoxy) is 2. The van der Waals surface area contributed by atoms with Crippen LogP contribution in [0.4, 0.5) is 4.79 Å². The first-order valence-corrected chi connectivity index (χ1v) is 13.5. The van der Waals surface area contributed by atoms with E-state index >= 15 is 0 Å². The highest BCUT2D eigenvalue weighted by Crippen LogP contribution is 2.33. The maximum atomic E-state index is 13.7. The third-order valence-corrected chi connectivity index (χ3v) is 7.23. The highest BCUT2D eigenvalue weighted by Gasteiger charge is 2.44. The summed E-state index contributed by atoms with van der Waals surface area (Å²) in [6.45, 7) is 0.0775. The number of imide groups is 1. The van der Waals surface area contributed by atoms with Crippen LogP contribution in [0.5, 0.6) is 11.5 Å². The summed E-state index contributed by atoms with van der Waals surface area (Å²) in [6.07, 6.45) is 2.09. The number of benzene rings is 3. The molecule has 10 heteroatoms. The zero-order valence-corrected chi connectivity index (χ0v) is 23.3. The minimum Gasteiger partial charge on any atom is -0.497 e. The number of nitrogens with zero attached hydrogens (tertiary/aromatic N) is 2. The molecule has 3 amide bonds. The van der Waals surface area contributed by atoms with E-state index in [0.717, 1.165) is 26.1 Å². The second-order valence-corrected chi connectivity index (χ2v) is 10.2. The average molecular weight is 638 g/mol. The van der Waals surface area contributed by atoms with Gasteiger partial charge in [0.25, 0.3) is 5.91 Å². The predicted octanol–water partition coefficient (Wildman–Crippen LogP) is 4.64. The van der Waals surface area contributed by atoms with E-state index in [4.69, 9.17) is 14.6 Å². The number of methoxy groups -OCH3 is 1. The Morgan fingerprint density at radius 1 is 1.00 bits per heavy atom. The van der Waals surface area contributed by atoms with Gasteiger partial charge in [-0.15, -0.1) is 0 Å². The van der Waals surface area contributed by atoms with Crippen molar-refractivity contribution < 1.29 is 24.2 Å². The SMILES string of the molecule is COc1ccc(CC(c2ncc(-c3ccc(I)cc3)[nH]2)N2C(=O)N[C@H](c3ccc(OCCO)cc3)C2=O)cc1. The molecule has 0 radical (unpaired) electrons. The third-order valence-electron chi connectivity index (χ3n) is 6.51. The maximum absolute atomic E-state index is 13.7. The fourth-order valence-corrected chi connectivity index (χ4v) is 4.87. The molecule has 1 aliphatic heterocycles. The van der Waals surface area contributed by atoms with Crippen LogP contribution in [0.1, 0.15) is 29.0 Å². The third kappa shape index (κ3) is 5.91. The number of rotatable bonds is 10. The van der Waals surface area contributed by atoms with Crippen molar-refractivity contribution in [3.05, 3.63) is 99.5 Å². The number of aliphatic hydroxyl groups excluding tert-OH is 1. The Kier molecular flexibility index (Phi) is 8.13. The van der Waals surface area contributed by atoms with Gasteiger partial charge < -0.3 is 24.9 Å². The van der Waals surface area contributed by atoms with Crippen LogP contribution in [-0.4, -0.2) is 52.2 Å². The van der Waals surface area contributed by atoms with E-state index in [0.29, 0.717) is 23.6 Å². The molecule has 1 saturated heterocycles. The van der Waals surface area contributed by atoms with Crippen molar-refractivity contribution >= 4 is 34.5 Å². The largest absolute Gasteiger partial charge is 0.497 e. The molecular formula is C29H27IN4O5. The average Bonchev–Trinajstić information content (AvgIpc) is 3.56. The summed E-state index contributed by atoms with van der Waals surface area (Å²) >= 11 is 2.25. The van der Waals surface area contributed by atoms with Crippen LogP contribution in [0.15, 0.2) is 79.0 Å². The summed E-state index contributed by atoms with van der Waals surface area (Å²) in [5.41, 5.74) is 3.30. The number of H-pyrrole nitrogens is 1. The molecule has 39 heavy (non-hydrogen) atoms. The number of carbonyl (C=O) groups excluding carboxylic acids is 2. The molecule has 1 unspecified atom stereocenters. The van der Waals surface area contributed by atoms with Crippen molar-refractivity contribution in [3.8, 4) is 22.8 Å². The second kappa shape index (κ2) is 11.9. The van der Waals surface area contributed by atoms with Crippen molar-refractivity contribution in [3.63, 3.8) is 0 Å². The number of carbonyl (C=O) groups is 2. The Labute approximate surface area is 239 Å². The number of urea groups is 1. The Morgan fingerprint density at radius 3 is 2.36 bits per heavy atom. The lowest BCUT2D eigenvalue weighted by Gasteiger charge is -2.24. The predicted molar refractivity (Wildman–Crippen MR) is 153 cm³/mol. The number of nitrogens with one attached hydrogen (secondary N) is 2. The quantitative estimate of drug-likeness (QED) is 0.172. The molecule has 0 bridgehead atoms. The number of aliphatic hydroxyl groups is 1. The summed E-state index contributed by atoms with van der Waals surface area (Å²) in [6, 6.07) is 20.4. The Morgan fingerprint density at radius 2 is 1.69 bits per heavy atom. The van der Waals surface area contributed by atoms with Crippen LogP contribution in [-0.2, 0) is 11.2 Å². The number of amides is 3. The first-order valence-electron chi connectivity index (χ1n) is 12.4. The van der Waals surface area contributed by atoms with E-state index in [-0.39, 0.29) is 19.1 Å². The van der Waals surface area contributed by atoms with Gasteiger partial charge in [-0.05, 0) is 75.7 Å². The number of hydrogen-bond donors (Lipinski definition) is 3. The van der Waals surface area contributed by atoms with Crippen LogP contribution in [0, 0.1) is 3.57 Å². The zero-order chi connectivity index (χ0) is 27.4.